The van der Waals surface area contributed by atoms with Gasteiger partial charge in [-0.15, -0.1) is 0 Å². The zero-order chi connectivity index (χ0) is 16.1. The Bertz CT molecular complexity index is 256. The summed E-state index contributed by atoms with van der Waals surface area (Å²) in [4.78, 5) is 5.26. The van der Waals surface area contributed by atoms with Crippen LogP contribution in [0.4, 0.5) is 0 Å². The molecule has 0 saturated heterocycles. The van der Waals surface area contributed by atoms with E-state index in [1.54, 1.807) is 0 Å². The van der Waals surface area contributed by atoms with Crippen LogP contribution in [-0.2, 0) is 0 Å². The van der Waals surface area contributed by atoms with Crippen molar-refractivity contribution >= 4 is 0 Å². The molecule has 0 bridgehead atoms. The average Bonchev–Trinajstić information content (AvgIpc) is 2.17. The van der Waals surface area contributed by atoms with Crippen LogP contribution in [0.2, 0.25) is 0 Å². The first kappa shape index (κ1) is 19.9. The maximum Gasteiger partial charge on any atom is 0.0128 e. The standard InChI is InChI=1S/C18H40N2/c1-15(2)11-12-19(17(5,6)7)13-14-20(16(3)4)18(8,9)10/h15-16H,11-14H2,1-10H3. The zero-order valence-corrected chi connectivity index (χ0v) is 15.9. The highest BCUT2D eigenvalue weighted by atomic mass is 15.3. The van der Waals surface area contributed by atoms with Crippen molar-refractivity contribution in [3.05, 3.63) is 0 Å². The molecule has 0 aliphatic carbocycles. The first-order valence-electron chi connectivity index (χ1n) is 8.37. The van der Waals surface area contributed by atoms with Gasteiger partial charge in [-0.25, -0.2) is 0 Å². The summed E-state index contributed by atoms with van der Waals surface area (Å²) in [5, 5.41) is 0. The third-order valence-corrected chi connectivity index (χ3v) is 4.02. The molecule has 0 aliphatic rings. The van der Waals surface area contributed by atoms with Gasteiger partial charge in [-0.1, -0.05) is 13.8 Å². The minimum atomic E-state index is 0.246. The van der Waals surface area contributed by atoms with Gasteiger partial charge in [0.2, 0.25) is 0 Å². The van der Waals surface area contributed by atoms with Crippen LogP contribution in [0.3, 0.4) is 0 Å². The Labute approximate surface area is 128 Å². The summed E-state index contributed by atoms with van der Waals surface area (Å²) in [5.74, 6) is 0.781. The molecule has 0 spiro atoms. The van der Waals surface area contributed by atoms with E-state index in [1.165, 1.54) is 13.0 Å². The fourth-order valence-electron chi connectivity index (χ4n) is 2.79. The van der Waals surface area contributed by atoms with E-state index in [1.807, 2.05) is 0 Å². The van der Waals surface area contributed by atoms with Crippen LogP contribution in [0.15, 0.2) is 0 Å². The van der Waals surface area contributed by atoms with E-state index in [0.717, 1.165) is 19.0 Å². The maximum atomic E-state index is 2.65. The molecule has 0 heterocycles. The normalized spacial score (nSPS) is 14.1. The molecule has 0 aromatic carbocycles. The Balaban J connectivity index is 4.66. The molecule has 0 fully saturated rings. The van der Waals surface area contributed by atoms with Gasteiger partial charge < -0.3 is 0 Å². The van der Waals surface area contributed by atoms with Gasteiger partial charge >= 0.3 is 0 Å². The van der Waals surface area contributed by atoms with E-state index >= 15 is 0 Å². The largest absolute Gasteiger partial charge is 0.297 e. The van der Waals surface area contributed by atoms with Crippen molar-refractivity contribution in [3.8, 4) is 0 Å². The third kappa shape index (κ3) is 7.64. The summed E-state index contributed by atoms with van der Waals surface area (Å²) in [6.45, 7) is 26.7. The molecule has 0 saturated carbocycles. The van der Waals surface area contributed by atoms with E-state index in [0.29, 0.717) is 6.04 Å². The summed E-state index contributed by atoms with van der Waals surface area (Å²) in [6.07, 6.45) is 1.29. The van der Waals surface area contributed by atoms with Gasteiger partial charge in [0.05, 0.1) is 0 Å². The highest BCUT2D eigenvalue weighted by Crippen LogP contribution is 2.19. The van der Waals surface area contributed by atoms with Gasteiger partial charge in [0.1, 0.15) is 0 Å². The van der Waals surface area contributed by atoms with Gasteiger partial charge in [0, 0.05) is 30.2 Å². The quantitative estimate of drug-likeness (QED) is 0.672. The molecule has 122 valence electrons. The molecule has 0 atom stereocenters. The molecular formula is C18H40N2. The van der Waals surface area contributed by atoms with Crippen molar-refractivity contribution in [2.45, 2.75) is 92.8 Å². The van der Waals surface area contributed by atoms with E-state index in [4.69, 9.17) is 0 Å². The predicted octanol–water partition coefficient (Wildman–Crippen LogP) is 4.64. The highest BCUT2D eigenvalue weighted by molar-refractivity contribution is 4.83. The molecular weight excluding hydrogens is 244 g/mol. The lowest BCUT2D eigenvalue weighted by Gasteiger charge is -2.43. The van der Waals surface area contributed by atoms with Crippen molar-refractivity contribution in [3.63, 3.8) is 0 Å². The van der Waals surface area contributed by atoms with Gasteiger partial charge in [0.25, 0.3) is 0 Å². The molecule has 0 radical (unpaired) electrons. The molecule has 2 heteroatoms. The predicted molar refractivity (Wildman–Crippen MR) is 92.4 cm³/mol. The smallest absolute Gasteiger partial charge is 0.0128 e. The Morgan fingerprint density at radius 1 is 0.700 bits per heavy atom. The fraction of sp³-hybridized carbons (Fsp3) is 1.00. The number of rotatable bonds is 7. The van der Waals surface area contributed by atoms with Crippen molar-refractivity contribution in [2.24, 2.45) is 5.92 Å². The van der Waals surface area contributed by atoms with Crippen LogP contribution < -0.4 is 0 Å². The zero-order valence-electron chi connectivity index (χ0n) is 15.9. The van der Waals surface area contributed by atoms with Gasteiger partial charge in [-0.3, -0.25) is 9.80 Å². The third-order valence-electron chi connectivity index (χ3n) is 4.02. The Morgan fingerprint density at radius 3 is 1.50 bits per heavy atom. The van der Waals surface area contributed by atoms with Crippen LogP contribution in [0, 0.1) is 5.92 Å². The lowest BCUT2D eigenvalue weighted by molar-refractivity contribution is 0.0561. The molecule has 2 nitrogen and oxygen atoms in total. The molecule has 0 amide bonds. The first-order valence-corrected chi connectivity index (χ1v) is 8.37. The topological polar surface area (TPSA) is 6.48 Å². The molecule has 20 heavy (non-hydrogen) atoms. The average molecular weight is 285 g/mol. The van der Waals surface area contributed by atoms with E-state index in [2.05, 4.69) is 79.0 Å². The molecule has 0 rings (SSSR count). The highest BCUT2D eigenvalue weighted by Gasteiger charge is 2.27. The Hall–Kier alpha value is -0.0800. The summed E-state index contributed by atoms with van der Waals surface area (Å²) < 4.78 is 0. The van der Waals surface area contributed by atoms with Crippen LogP contribution in [0.5, 0.6) is 0 Å². The van der Waals surface area contributed by atoms with Crippen molar-refractivity contribution in [1.82, 2.24) is 9.80 Å². The van der Waals surface area contributed by atoms with Crippen molar-refractivity contribution < 1.29 is 0 Å². The first-order chi connectivity index (χ1) is 8.85. The van der Waals surface area contributed by atoms with E-state index < -0.39 is 0 Å². The summed E-state index contributed by atoms with van der Waals surface area (Å²) in [7, 11) is 0. The van der Waals surface area contributed by atoms with Crippen molar-refractivity contribution in [1.29, 1.82) is 0 Å². The Morgan fingerprint density at radius 2 is 1.20 bits per heavy atom. The SMILES string of the molecule is CC(C)CCN(CCN(C(C)C)C(C)(C)C)C(C)(C)C. The van der Waals surface area contributed by atoms with Gasteiger partial charge in [-0.2, -0.15) is 0 Å². The van der Waals surface area contributed by atoms with E-state index in [-0.39, 0.29) is 11.1 Å². The van der Waals surface area contributed by atoms with Gasteiger partial charge in [-0.05, 0) is 74.3 Å². The number of hydrogen-bond acceptors (Lipinski definition) is 2. The second-order valence-corrected chi connectivity index (χ2v) is 8.80. The van der Waals surface area contributed by atoms with Crippen LogP contribution in [-0.4, -0.2) is 46.6 Å². The van der Waals surface area contributed by atoms with Crippen molar-refractivity contribution in [2.75, 3.05) is 19.6 Å². The summed E-state index contributed by atoms with van der Waals surface area (Å²) in [5.41, 5.74) is 0.505. The number of hydrogen-bond donors (Lipinski definition) is 0. The summed E-state index contributed by atoms with van der Waals surface area (Å²) >= 11 is 0. The van der Waals surface area contributed by atoms with Gasteiger partial charge in [0.15, 0.2) is 0 Å². The summed E-state index contributed by atoms with van der Waals surface area (Å²) in [6, 6.07) is 0.599. The molecule has 0 aliphatic heterocycles. The molecule has 0 aromatic heterocycles. The lowest BCUT2D eigenvalue weighted by Crippen LogP contribution is -2.52. The maximum absolute atomic E-state index is 2.65. The fourth-order valence-corrected chi connectivity index (χ4v) is 2.79. The second kappa shape index (κ2) is 7.79. The molecule has 0 aromatic rings. The minimum absolute atomic E-state index is 0.246. The van der Waals surface area contributed by atoms with Crippen LogP contribution in [0.25, 0.3) is 0 Å². The van der Waals surface area contributed by atoms with E-state index in [9.17, 15) is 0 Å². The van der Waals surface area contributed by atoms with Crippen LogP contribution in [0.1, 0.15) is 75.7 Å². The second-order valence-electron chi connectivity index (χ2n) is 8.80. The van der Waals surface area contributed by atoms with Crippen LogP contribution >= 0.6 is 0 Å². The Kier molecular flexibility index (Phi) is 7.76. The molecule has 0 unspecified atom stereocenters. The minimum Gasteiger partial charge on any atom is -0.297 e. The number of nitrogens with zero attached hydrogens (tertiary/aromatic N) is 2. The lowest BCUT2D eigenvalue weighted by atomic mass is 10.0. The molecule has 0 N–H and O–H groups in total. The monoisotopic (exact) mass is 284 g/mol.